The van der Waals surface area contributed by atoms with Gasteiger partial charge in [0.25, 0.3) is 6.47 Å². The third-order valence-electron chi connectivity index (χ3n) is 4.62. The Balaban J connectivity index is 0.000000806. The van der Waals surface area contributed by atoms with Crippen molar-refractivity contribution in [1.29, 1.82) is 0 Å². The monoisotopic (exact) mass is 422 g/mol. The largest absolute Gasteiger partial charge is 0.483 e. The minimum Gasteiger partial charge on any atom is -0.483 e. The lowest BCUT2D eigenvalue weighted by Gasteiger charge is -2.31. The summed E-state index contributed by atoms with van der Waals surface area (Å²) in [5.41, 5.74) is 4.53. The Labute approximate surface area is 178 Å². The highest BCUT2D eigenvalue weighted by Crippen LogP contribution is 2.23. The molecule has 1 atom stereocenters. The minimum absolute atomic E-state index is 0.00529. The van der Waals surface area contributed by atoms with E-state index in [-0.39, 0.29) is 17.6 Å². The maximum atomic E-state index is 12.7. The Bertz CT molecular complexity index is 1030. The van der Waals surface area contributed by atoms with Crippen LogP contribution in [0.3, 0.4) is 0 Å². The summed E-state index contributed by atoms with van der Waals surface area (Å²) >= 11 is 1.70. The Morgan fingerprint density at radius 1 is 1.40 bits per heavy atom. The summed E-state index contributed by atoms with van der Waals surface area (Å²) < 4.78 is 0. The van der Waals surface area contributed by atoms with Crippen LogP contribution in [0, 0.1) is 12.3 Å². The van der Waals surface area contributed by atoms with Crippen LogP contribution in [0.1, 0.15) is 11.3 Å². The summed E-state index contributed by atoms with van der Waals surface area (Å²) in [5, 5.41) is 9.76. The second kappa shape index (κ2) is 10.5. The number of aromatic amines is 1. The van der Waals surface area contributed by atoms with Crippen molar-refractivity contribution in [2.75, 3.05) is 24.2 Å². The number of amides is 1. The van der Waals surface area contributed by atoms with Crippen molar-refractivity contribution in [1.82, 2.24) is 14.9 Å². The van der Waals surface area contributed by atoms with Crippen molar-refractivity contribution < 1.29 is 14.7 Å². The molecule has 1 fully saturated rings. The molecule has 0 radical (unpaired) electrons. The zero-order chi connectivity index (χ0) is 21.3. The molecule has 0 aliphatic carbocycles. The number of thioether (sulfide) groups is 1. The Kier molecular flexibility index (Phi) is 7.49. The van der Waals surface area contributed by atoms with Crippen molar-refractivity contribution in [3.05, 3.63) is 59.9 Å². The number of hydrogen-bond acceptors (Lipinski definition) is 5. The van der Waals surface area contributed by atoms with Crippen LogP contribution in [0.4, 0.5) is 5.69 Å². The number of para-hydroxylation sites is 1. The quantitative estimate of drug-likeness (QED) is 0.442. The number of carbonyl (C=O) groups is 2. The first-order valence-electron chi connectivity index (χ1n) is 9.35. The maximum Gasteiger partial charge on any atom is 0.290 e. The number of aromatic nitrogens is 2. The van der Waals surface area contributed by atoms with E-state index in [1.54, 1.807) is 18.0 Å². The molecule has 0 spiro atoms. The lowest BCUT2D eigenvalue weighted by atomic mass is 10.2. The highest BCUT2D eigenvalue weighted by Gasteiger charge is 2.27. The Hall–Kier alpha value is -3.28. The van der Waals surface area contributed by atoms with Crippen LogP contribution in [0.2, 0.25) is 0 Å². The van der Waals surface area contributed by atoms with Gasteiger partial charge >= 0.3 is 0 Å². The molecule has 7 nitrogen and oxygen atoms in total. The Morgan fingerprint density at radius 2 is 2.20 bits per heavy atom. The van der Waals surface area contributed by atoms with E-state index in [4.69, 9.17) is 16.3 Å². The Morgan fingerprint density at radius 3 is 2.97 bits per heavy atom. The number of anilines is 1. The predicted octanol–water partition coefficient (Wildman–Crippen LogP) is 2.80. The van der Waals surface area contributed by atoms with Crippen LogP contribution in [-0.4, -0.2) is 56.4 Å². The van der Waals surface area contributed by atoms with E-state index in [0.29, 0.717) is 17.8 Å². The molecular formula is C22H22N4O3S. The van der Waals surface area contributed by atoms with Gasteiger partial charge in [0.1, 0.15) is 0 Å². The van der Waals surface area contributed by atoms with E-state index in [9.17, 15) is 4.79 Å². The number of terminal acetylenes is 1. The second-order valence-corrected chi connectivity index (χ2v) is 7.92. The van der Waals surface area contributed by atoms with Gasteiger partial charge in [0, 0.05) is 42.8 Å². The highest BCUT2D eigenvalue weighted by atomic mass is 32.2. The number of carboxylic acid groups (broad SMARTS) is 1. The molecule has 3 N–H and O–H groups in total. The van der Waals surface area contributed by atoms with Gasteiger partial charge in [-0.05, 0) is 30.3 Å². The average molecular weight is 423 g/mol. The van der Waals surface area contributed by atoms with Crippen LogP contribution in [0.25, 0.3) is 11.0 Å². The summed E-state index contributed by atoms with van der Waals surface area (Å²) in [5.74, 6) is 3.55. The molecule has 1 unspecified atom stereocenters. The molecule has 0 saturated carbocycles. The molecule has 1 aliphatic rings. The number of nitrogens with zero attached hydrogens (tertiary/aromatic N) is 2. The van der Waals surface area contributed by atoms with Gasteiger partial charge in [-0.3, -0.25) is 19.5 Å². The predicted molar refractivity (Wildman–Crippen MR) is 119 cm³/mol. The van der Waals surface area contributed by atoms with Crippen molar-refractivity contribution in [3.63, 3.8) is 0 Å². The summed E-state index contributed by atoms with van der Waals surface area (Å²) in [6.07, 6.45) is 7.32. The summed E-state index contributed by atoms with van der Waals surface area (Å²) in [6.45, 7) is 2.19. The fourth-order valence-electron chi connectivity index (χ4n) is 3.27. The highest BCUT2D eigenvalue weighted by molar-refractivity contribution is 8.00. The number of pyridine rings is 1. The fourth-order valence-corrected chi connectivity index (χ4v) is 4.45. The molecule has 4 rings (SSSR count). The zero-order valence-corrected chi connectivity index (χ0v) is 17.1. The average Bonchev–Trinajstić information content (AvgIpc) is 3.17. The van der Waals surface area contributed by atoms with Gasteiger partial charge < -0.3 is 15.4 Å². The molecule has 1 aromatic carbocycles. The van der Waals surface area contributed by atoms with Crippen molar-refractivity contribution >= 4 is 40.9 Å². The number of H-pyrrole nitrogens is 1. The summed E-state index contributed by atoms with van der Waals surface area (Å²) in [4.78, 5) is 31.2. The normalized spacial score (nSPS) is 16.2. The van der Waals surface area contributed by atoms with E-state index in [2.05, 4.69) is 32.2 Å². The molecule has 3 heterocycles. The third kappa shape index (κ3) is 5.41. The summed E-state index contributed by atoms with van der Waals surface area (Å²) in [7, 11) is 0. The van der Waals surface area contributed by atoms with Crippen molar-refractivity contribution in [2.45, 2.75) is 11.8 Å². The standard InChI is InChI=1S/C21H20N4OS.CH2O2/c1-2-15-6-3-4-7-17(15)24-21(26)20-14-25(10-11-27-20)13-16-12-19-18(23-16)8-5-9-22-19;2-1-3/h1,3-9,12,20,23H,10-11,13-14H2,(H,24,26);1H,(H,2,3). The van der Waals surface area contributed by atoms with Crippen molar-refractivity contribution in [2.24, 2.45) is 0 Å². The van der Waals surface area contributed by atoms with E-state index < -0.39 is 0 Å². The van der Waals surface area contributed by atoms with Gasteiger partial charge in [-0.2, -0.15) is 0 Å². The number of carbonyl (C=O) groups excluding carboxylic acids is 1. The second-order valence-electron chi connectivity index (χ2n) is 6.61. The molecule has 1 amide bonds. The van der Waals surface area contributed by atoms with Crippen LogP contribution in [0.5, 0.6) is 0 Å². The molecule has 3 aromatic rings. The molecular weight excluding hydrogens is 400 g/mol. The van der Waals surface area contributed by atoms with Crippen molar-refractivity contribution in [3.8, 4) is 12.3 Å². The molecule has 8 heteroatoms. The molecule has 1 saturated heterocycles. The lowest BCUT2D eigenvalue weighted by Crippen LogP contribution is -2.43. The van der Waals surface area contributed by atoms with E-state index >= 15 is 0 Å². The van der Waals surface area contributed by atoms with Crippen LogP contribution < -0.4 is 5.32 Å². The summed E-state index contributed by atoms with van der Waals surface area (Å²) in [6, 6.07) is 13.5. The molecule has 2 aromatic heterocycles. The maximum absolute atomic E-state index is 12.7. The number of fused-ring (bicyclic) bond motifs is 1. The van der Waals surface area contributed by atoms with Gasteiger partial charge in [-0.25, -0.2) is 0 Å². The van der Waals surface area contributed by atoms with E-state index in [1.807, 2.05) is 36.4 Å². The van der Waals surface area contributed by atoms with Gasteiger partial charge in [0.15, 0.2) is 0 Å². The lowest BCUT2D eigenvalue weighted by molar-refractivity contribution is -0.123. The molecule has 0 bridgehead atoms. The first kappa shape index (κ1) is 21.4. The SMILES string of the molecule is C#Cc1ccccc1NC(=O)C1CN(Cc2cc3ncccc3[nH]2)CCS1.O=CO. The topological polar surface area (TPSA) is 98.3 Å². The van der Waals surface area contributed by atoms with Crippen LogP contribution in [-0.2, 0) is 16.1 Å². The minimum atomic E-state index is -0.250. The number of rotatable bonds is 4. The van der Waals surface area contributed by atoms with Gasteiger partial charge in [0.05, 0.1) is 22.0 Å². The third-order valence-corrected chi connectivity index (χ3v) is 5.81. The van der Waals surface area contributed by atoms with Gasteiger partial charge in [0.2, 0.25) is 5.91 Å². The van der Waals surface area contributed by atoms with Crippen LogP contribution >= 0.6 is 11.8 Å². The number of benzene rings is 1. The van der Waals surface area contributed by atoms with Gasteiger partial charge in [-0.1, -0.05) is 18.1 Å². The molecule has 154 valence electrons. The van der Waals surface area contributed by atoms with Gasteiger partial charge in [-0.15, -0.1) is 18.2 Å². The first-order valence-corrected chi connectivity index (χ1v) is 10.4. The fraction of sp³-hybridized carbons (Fsp3) is 0.227. The number of hydrogen-bond donors (Lipinski definition) is 3. The first-order chi connectivity index (χ1) is 14.6. The molecule has 1 aliphatic heterocycles. The number of nitrogens with one attached hydrogen (secondary N) is 2. The zero-order valence-electron chi connectivity index (χ0n) is 16.2. The van der Waals surface area contributed by atoms with E-state index in [0.717, 1.165) is 35.6 Å². The molecule has 30 heavy (non-hydrogen) atoms. The van der Waals surface area contributed by atoms with E-state index in [1.165, 1.54) is 0 Å². The smallest absolute Gasteiger partial charge is 0.290 e. The van der Waals surface area contributed by atoms with Crippen LogP contribution in [0.15, 0.2) is 48.7 Å².